The molecule has 0 aromatic carbocycles. The minimum Gasteiger partial charge on any atom is -0.385 e. The van der Waals surface area contributed by atoms with Crippen molar-refractivity contribution >= 4 is 23.3 Å². The number of nitrogens with one attached hydrogen (secondary N) is 1. The van der Waals surface area contributed by atoms with Crippen molar-refractivity contribution in [2.45, 2.75) is 13.8 Å². The number of nitrogens with zero attached hydrogens (tertiary/aromatic N) is 1. The monoisotopic (exact) mass is 230 g/mol. The van der Waals surface area contributed by atoms with Crippen LogP contribution in [0, 0.1) is 0 Å². The van der Waals surface area contributed by atoms with Gasteiger partial charge in [0.15, 0.2) is 5.78 Å². The van der Waals surface area contributed by atoms with Crippen molar-refractivity contribution in [3.8, 4) is 0 Å². The highest BCUT2D eigenvalue weighted by atomic mass is 35.5. The van der Waals surface area contributed by atoms with Crippen molar-refractivity contribution in [1.82, 2.24) is 10.2 Å². The van der Waals surface area contributed by atoms with Crippen molar-refractivity contribution < 1.29 is 9.59 Å². The van der Waals surface area contributed by atoms with Crippen LogP contribution in [0.2, 0.25) is 0 Å². The Morgan fingerprint density at radius 1 is 1.47 bits per heavy atom. The summed E-state index contributed by atoms with van der Waals surface area (Å²) in [5, 5.41) is 3.13. The van der Waals surface area contributed by atoms with Gasteiger partial charge in [-0.25, -0.2) is 0 Å². The molecular formula is C10H15ClN2O2. The third-order valence-corrected chi connectivity index (χ3v) is 2.75. The Balaban J connectivity index is 2.76. The van der Waals surface area contributed by atoms with Crippen LogP contribution in [0.1, 0.15) is 13.8 Å². The summed E-state index contributed by atoms with van der Waals surface area (Å²) >= 11 is 5.48. The number of hydrogen-bond acceptors (Lipinski definition) is 3. The zero-order valence-electron chi connectivity index (χ0n) is 8.97. The molecule has 0 radical (unpaired) electrons. The van der Waals surface area contributed by atoms with Crippen LogP contribution in [0.15, 0.2) is 11.3 Å². The van der Waals surface area contributed by atoms with Gasteiger partial charge >= 0.3 is 0 Å². The van der Waals surface area contributed by atoms with Crippen LogP contribution < -0.4 is 5.32 Å². The SMILES string of the molecule is CC(=O)/C(C)=C1\CN(C(=O)CCl)CCN1. The van der Waals surface area contributed by atoms with Gasteiger partial charge in [-0.05, 0) is 13.8 Å². The smallest absolute Gasteiger partial charge is 0.237 e. The van der Waals surface area contributed by atoms with Gasteiger partial charge in [0.1, 0.15) is 5.88 Å². The van der Waals surface area contributed by atoms with Crippen LogP contribution in [-0.4, -0.2) is 42.1 Å². The molecule has 15 heavy (non-hydrogen) atoms. The van der Waals surface area contributed by atoms with Crippen molar-refractivity contribution in [3.05, 3.63) is 11.3 Å². The third-order valence-electron chi connectivity index (χ3n) is 2.52. The van der Waals surface area contributed by atoms with Gasteiger partial charge in [-0.2, -0.15) is 0 Å². The second-order valence-electron chi connectivity index (χ2n) is 3.54. The molecule has 0 spiro atoms. The first kappa shape index (κ1) is 12.0. The Hall–Kier alpha value is -1.03. The highest BCUT2D eigenvalue weighted by Crippen LogP contribution is 2.09. The normalized spacial score (nSPS) is 19.5. The average Bonchev–Trinajstić information content (AvgIpc) is 2.27. The lowest BCUT2D eigenvalue weighted by Crippen LogP contribution is -2.46. The molecule has 0 saturated carbocycles. The van der Waals surface area contributed by atoms with E-state index in [4.69, 9.17) is 11.6 Å². The van der Waals surface area contributed by atoms with E-state index in [1.807, 2.05) is 0 Å². The van der Waals surface area contributed by atoms with Crippen molar-refractivity contribution in [2.75, 3.05) is 25.5 Å². The minimum absolute atomic E-state index is 0.00754. The minimum atomic E-state index is -0.0907. The molecule has 1 aliphatic rings. The Bertz CT molecular complexity index is 313. The van der Waals surface area contributed by atoms with E-state index in [-0.39, 0.29) is 17.6 Å². The first-order chi connectivity index (χ1) is 7.06. The van der Waals surface area contributed by atoms with Crippen molar-refractivity contribution in [1.29, 1.82) is 0 Å². The van der Waals surface area contributed by atoms with E-state index in [2.05, 4.69) is 5.32 Å². The largest absolute Gasteiger partial charge is 0.385 e. The molecule has 5 heteroatoms. The number of carbonyl (C=O) groups excluding carboxylic acids is 2. The molecular weight excluding hydrogens is 216 g/mol. The maximum absolute atomic E-state index is 11.4. The summed E-state index contributed by atoms with van der Waals surface area (Å²) in [7, 11) is 0. The van der Waals surface area contributed by atoms with Gasteiger partial charge < -0.3 is 10.2 Å². The van der Waals surface area contributed by atoms with Gasteiger partial charge in [-0.1, -0.05) is 0 Å². The van der Waals surface area contributed by atoms with Crippen LogP contribution in [0.3, 0.4) is 0 Å². The molecule has 84 valence electrons. The molecule has 0 aliphatic carbocycles. The van der Waals surface area contributed by atoms with Gasteiger partial charge in [0.05, 0.1) is 6.54 Å². The molecule has 0 unspecified atom stereocenters. The van der Waals surface area contributed by atoms with Gasteiger partial charge in [0.25, 0.3) is 0 Å². The zero-order chi connectivity index (χ0) is 11.4. The molecule has 4 nitrogen and oxygen atoms in total. The van der Waals surface area contributed by atoms with Crippen LogP contribution in [0.5, 0.6) is 0 Å². The highest BCUT2D eigenvalue weighted by Gasteiger charge is 2.20. The topological polar surface area (TPSA) is 49.4 Å². The number of amides is 1. The summed E-state index contributed by atoms with van der Waals surface area (Å²) in [4.78, 5) is 24.2. The Morgan fingerprint density at radius 2 is 2.13 bits per heavy atom. The lowest BCUT2D eigenvalue weighted by Gasteiger charge is -2.30. The second kappa shape index (κ2) is 5.16. The number of rotatable bonds is 2. The molecule has 1 N–H and O–H groups in total. The molecule has 1 aliphatic heterocycles. The summed E-state index contributed by atoms with van der Waals surface area (Å²) in [6, 6.07) is 0. The molecule has 0 aromatic heterocycles. The zero-order valence-corrected chi connectivity index (χ0v) is 9.73. The predicted molar refractivity (Wildman–Crippen MR) is 58.7 cm³/mol. The molecule has 1 heterocycles. The van der Waals surface area contributed by atoms with E-state index in [1.165, 1.54) is 6.92 Å². The van der Waals surface area contributed by atoms with Crippen molar-refractivity contribution in [2.24, 2.45) is 0 Å². The lowest BCUT2D eigenvalue weighted by molar-refractivity contribution is -0.128. The molecule has 1 fully saturated rings. The number of Topliss-reactive ketones (excluding diaryl/α,β-unsaturated/α-hetero) is 1. The Kier molecular flexibility index (Phi) is 4.15. The van der Waals surface area contributed by atoms with Gasteiger partial charge in [-0.15, -0.1) is 11.6 Å². The maximum atomic E-state index is 11.4. The van der Waals surface area contributed by atoms with Crippen LogP contribution in [0.4, 0.5) is 0 Å². The van der Waals surface area contributed by atoms with E-state index in [9.17, 15) is 9.59 Å². The maximum Gasteiger partial charge on any atom is 0.237 e. The van der Waals surface area contributed by atoms with E-state index in [0.29, 0.717) is 25.2 Å². The summed E-state index contributed by atoms with van der Waals surface area (Å²) in [5.74, 6) is -0.0726. The fourth-order valence-corrected chi connectivity index (χ4v) is 1.60. The van der Waals surface area contributed by atoms with E-state index in [0.717, 1.165) is 5.70 Å². The fraction of sp³-hybridized carbons (Fsp3) is 0.600. The molecule has 1 rings (SSSR count). The van der Waals surface area contributed by atoms with Crippen LogP contribution in [0.25, 0.3) is 0 Å². The van der Waals surface area contributed by atoms with Gasteiger partial charge in [0, 0.05) is 24.4 Å². The average molecular weight is 231 g/mol. The first-order valence-electron chi connectivity index (χ1n) is 4.84. The summed E-state index contributed by atoms with van der Waals surface area (Å²) < 4.78 is 0. The molecule has 1 saturated heterocycles. The van der Waals surface area contributed by atoms with Crippen LogP contribution in [-0.2, 0) is 9.59 Å². The van der Waals surface area contributed by atoms with Gasteiger partial charge in [0.2, 0.25) is 5.91 Å². The number of allylic oxidation sites excluding steroid dienone is 1. The molecule has 1 amide bonds. The standard InChI is InChI=1S/C10H15ClN2O2/c1-7(8(2)14)9-6-13(4-3-12-9)10(15)5-11/h12H,3-6H2,1-2H3/b9-7+. The van der Waals surface area contributed by atoms with Crippen molar-refractivity contribution in [3.63, 3.8) is 0 Å². The van der Waals surface area contributed by atoms with Gasteiger partial charge in [-0.3, -0.25) is 9.59 Å². The summed E-state index contributed by atoms with van der Waals surface area (Å²) in [6.45, 7) is 5.05. The fourth-order valence-electron chi connectivity index (χ4n) is 1.43. The number of ketones is 1. The summed E-state index contributed by atoms with van der Waals surface area (Å²) in [5.41, 5.74) is 1.51. The van der Waals surface area contributed by atoms with E-state index >= 15 is 0 Å². The number of piperazine rings is 1. The predicted octanol–water partition coefficient (Wildman–Crippen LogP) is 0.520. The number of carbonyl (C=O) groups is 2. The van der Waals surface area contributed by atoms with E-state index < -0.39 is 0 Å². The number of alkyl halides is 1. The quantitative estimate of drug-likeness (QED) is 0.556. The lowest BCUT2D eigenvalue weighted by atomic mass is 10.1. The molecule has 0 atom stereocenters. The molecule has 0 bridgehead atoms. The number of halogens is 1. The third kappa shape index (κ3) is 2.96. The number of hydrogen-bond donors (Lipinski definition) is 1. The van der Waals surface area contributed by atoms with Crippen LogP contribution >= 0.6 is 11.6 Å². The first-order valence-corrected chi connectivity index (χ1v) is 5.38. The molecule has 0 aromatic rings. The summed E-state index contributed by atoms with van der Waals surface area (Å²) in [6.07, 6.45) is 0. The second-order valence-corrected chi connectivity index (χ2v) is 3.80. The Labute approximate surface area is 94.3 Å². The highest BCUT2D eigenvalue weighted by molar-refractivity contribution is 6.27. The van der Waals surface area contributed by atoms with E-state index in [1.54, 1.807) is 11.8 Å². The Morgan fingerprint density at radius 3 is 2.67 bits per heavy atom.